The topological polar surface area (TPSA) is 151 Å². The summed E-state index contributed by atoms with van der Waals surface area (Å²) in [5.41, 5.74) is 3.46. The van der Waals surface area contributed by atoms with Crippen molar-refractivity contribution in [2.45, 2.75) is 83.6 Å². The molecular weight excluding hydrogens is 689 g/mol. The minimum Gasteiger partial charge on any atom is -0.490 e. The Balaban J connectivity index is 1.32. The number of hydrogen-bond acceptors (Lipinski definition) is 8. The van der Waals surface area contributed by atoms with Gasteiger partial charge in [0.25, 0.3) is 5.91 Å². The third kappa shape index (κ3) is 10.1. The predicted octanol–water partition coefficient (Wildman–Crippen LogP) is 7.38. The van der Waals surface area contributed by atoms with Gasteiger partial charge in [0.05, 0.1) is 11.0 Å². The monoisotopic (exact) mass is 734 g/mol. The summed E-state index contributed by atoms with van der Waals surface area (Å²) in [5.74, 6) is -1.27. The number of nitrogens with one attached hydrogen (secondary N) is 2. The maximum absolute atomic E-state index is 13.7. The van der Waals surface area contributed by atoms with Crippen LogP contribution in [0, 0.1) is 0 Å². The molecule has 0 spiro atoms. The smallest absolute Gasteiger partial charge is 0.329 e. The molecule has 0 fully saturated rings. The lowest BCUT2D eigenvalue weighted by Gasteiger charge is -2.24. The Labute approximate surface area is 314 Å². The van der Waals surface area contributed by atoms with Crippen molar-refractivity contribution in [2.75, 3.05) is 0 Å². The number of nitrogens with zero attached hydrogens (tertiary/aromatic N) is 2. The molecule has 0 aliphatic carbocycles. The molecule has 2 aromatic heterocycles. The molecule has 2 amide bonds. The highest BCUT2D eigenvalue weighted by molar-refractivity contribution is 7.14. The van der Waals surface area contributed by atoms with Gasteiger partial charge in [-0.15, -0.1) is 11.3 Å². The van der Waals surface area contributed by atoms with Gasteiger partial charge in [-0.05, 0) is 59.2 Å². The Morgan fingerprint density at radius 3 is 1.98 bits per heavy atom. The number of hydrogen-bond donors (Lipinski definition) is 4. The molecule has 11 heteroatoms. The van der Waals surface area contributed by atoms with Gasteiger partial charge in [0.1, 0.15) is 17.9 Å². The molecule has 0 saturated carbocycles. The van der Waals surface area contributed by atoms with E-state index in [1.54, 1.807) is 48.8 Å². The maximum atomic E-state index is 13.7. The Kier molecular flexibility index (Phi) is 12.8. The number of aliphatic carboxylic acids is 1. The largest absolute Gasteiger partial charge is 0.490 e. The van der Waals surface area contributed by atoms with Crippen LogP contribution < -0.4 is 15.4 Å². The molecule has 5 rings (SSSR count). The van der Waals surface area contributed by atoms with Crippen LogP contribution >= 0.6 is 11.3 Å². The molecule has 276 valence electrons. The van der Waals surface area contributed by atoms with Crippen LogP contribution in [0.1, 0.15) is 79.2 Å². The van der Waals surface area contributed by atoms with Gasteiger partial charge in [0.15, 0.2) is 11.9 Å². The summed E-state index contributed by atoms with van der Waals surface area (Å²) in [7, 11) is 0. The van der Waals surface area contributed by atoms with E-state index in [4.69, 9.17) is 4.74 Å². The summed E-state index contributed by atoms with van der Waals surface area (Å²) in [4.78, 5) is 50.0. The number of carboxylic acids is 1. The fraction of sp³-hybridized carbons (Fsp3) is 0.310. The first-order valence-electron chi connectivity index (χ1n) is 17.7. The molecule has 2 heterocycles. The first-order chi connectivity index (χ1) is 25.4. The Bertz CT molecular complexity index is 1970. The highest BCUT2D eigenvalue weighted by atomic mass is 32.1. The molecule has 5 aromatic rings. The second kappa shape index (κ2) is 17.4. The van der Waals surface area contributed by atoms with Gasteiger partial charge >= 0.3 is 5.97 Å². The summed E-state index contributed by atoms with van der Waals surface area (Å²) >= 11 is 1.33. The summed E-state index contributed by atoms with van der Waals surface area (Å²) in [6.07, 6.45) is 4.15. The lowest BCUT2D eigenvalue weighted by molar-refractivity contribution is -0.145. The summed E-state index contributed by atoms with van der Waals surface area (Å²) in [6, 6.07) is 24.2. The number of thiophene rings is 1. The van der Waals surface area contributed by atoms with Crippen LogP contribution in [0.3, 0.4) is 0 Å². The van der Waals surface area contributed by atoms with E-state index in [0.29, 0.717) is 21.8 Å². The van der Waals surface area contributed by atoms with E-state index >= 15 is 0 Å². The zero-order valence-electron chi connectivity index (χ0n) is 30.6. The van der Waals surface area contributed by atoms with Crippen molar-refractivity contribution < 1.29 is 29.3 Å². The van der Waals surface area contributed by atoms with Gasteiger partial charge in [-0.3, -0.25) is 9.59 Å². The van der Waals surface area contributed by atoms with Crippen molar-refractivity contribution in [1.82, 2.24) is 20.6 Å². The average Bonchev–Trinajstić information content (AvgIpc) is 3.68. The number of amides is 2. The molecule has 10 nitrogen and oxygen atoms in total. The van der Waals surface area contributed by atoms with Crippen LogP contribution in [-0.4, -0.2) is 56.2 Å². The predicted molar refractivity (Wildman–Crippen MR) is 207 cm³/mol. The van der Waals surface area contributed by atoms with Gasteiger partial charge in [-0.2, -0.15) is 0 Å². The first kappa shape index (κ1) is 38.8. The van der Waals surface area contributed by atoms with E-state index in [1.807, 2.05) is 75.4 Å². The van der Waals surface area contributed by atoms with E-state index in [0.717, 1.165) is 40.2 Å². The van der Waals surface area contributed by atoms with Crippen LogP contribution in [0.4, 0.5) is 0 Å². The van der Waals surface area contributed by atoms with Gasteiger partial charge < -0.3 is 25.6 Å². The molecular formula is C42H46N4O6S. The molecule has 0 bridgehead atoms. The number of carbonyl (C=O) groups is 3. The van der Waals surface area contributed by atoms with Crippen molar-refractivity contribution in [1.29, 1.82) is 0 Å². The Hall–Kier alpha value is -5.39. The van der Waals surface area contributed by atoms with Crippen LogP contribution in [0.5, 0.6) is 5.75 Å². The van der Waals surface area contributed by atoms with Gasteiger partial charge in [-0.25, -0.2) is 14.8 Å². The molecule has 2 unspecified atom stereocenters. The number of aliphatic hydroxyl groups is 1. The van der Waals surface area contributed by atoms with Crippen molar-refractivity contribution in [3.8, 4) is 28.3 Å². The average molecular weight is 735 g/mol. The van der Waals surface area contributed by atoms with Crippen LogP contribution in [-0.2, 0) is 21.4 Å². The van der Waals surface area contributed by atoms with Crippen molar-refractivity contribution in [2.24, 2.45) is 0 Å². The number of rotatable bonds is 15. The lowest BCUT2D eigenvalue weighted by atomic mass is 9.95. The number of aromatic nitrogens is 2. The molecule has 0 aliphatic rings. The van der Waals surface area contributed by atoms with E-state index in [2.05, 4.69) is 34.4 Å². The second-order valence-electron chi connectivity index (χ2n) is 13.9. The maximum Gasteiger partial charge on any atom is 0.329 e. The summed E-state index contributed by atoms with van der Waals surface area (Å²) in [6.45, 7) is 10.4. The number of carbonyl (C=O) groups excluding carboxylic acids is 2. The first-order valence-corrected chi connectivity index (χ1v) is 18.5. The zero-order chi connectivity index (χ0) is 38.1. The van der Waals surface area contributed by atoms with E-state index < -0.39 is 36.0 Å². The zero-order valence-corrected chi connectivity index (χ0v) is 31.4. The fourth-order valence-corrected chi connectivity index (χ4v) is 6.67. The van der Waals surface area contributed by atoms with Crippen LogP contribution in [0.2, 0.25) is 0 Å². The minimum atomic E-state index is -1.65. The number of carboxylic acid groups (broad SMARTS) is 1. The molecule has 4 N–H and O–H groups in total. The number of aliphatic hydroxyl groups excluding tert-OH is 1. The number of ether oxygens (including phenoxy) is 1. The van der Waals surface area contributed by atoms with Crippen molar-refractivity contribution >= 4 is 29.1 Å². The van der Waals surface area contributed by atoms with Crippen LogP contribution in [0.25, 0.3) is 22.5 Å². The highest BCUT2D eigenvalue weighted by Crippen LogP contribution is 2.30. The standard InChI is InChI=1S/C42H46N4O6S/c1-6-31(7-2)52-32-19-17-27(18-20-32)30-24-43-38(44-25-30)29-15-13-26(14-16-29)23-33(45-40(49)34-21-22-35(53-34)42(3,4)5)39(48)46-36(41(50)51)37(47)28-11-9-8-10-12-28/h8-22,24-25,31,33,36-37,47H,6-7,23H2,1-5H3,(H,45,49)(H,46,48)(H,50,51)/t33-,36?,37?/m0/s1. The molecule has 0 saturated heterocycles. The third-order valence-corrected chi connectivity index (χ3v) is 10.4. The van der Waals surface area contributed by atoms with Gasteiger partial charge in [0.2, 0.25) is 5.91 Å². The van der Waals surface area contributed by atoms with Crippen LogP contribution in [0.15, 0.2) is 103 Å². The van der Waals surface area contributed by atoms with Gasteiger partial charge in [0, 0.05) is 34.8 Å². The van der Waals surface area contributed by atoms with E-state index in [1.165, 1.54) is 11.3 Å². The van der Waals surface area contributed by atoms with Gasteiger partial charge in [-0.1, -0.05) is 101 Å². The second-order valence-corrected chi connectivity index (χ2v) is 15.0. The highest BCUT2D eigenvalue weighted by Gasteiger charge is 2.33. The molecule has 3 atom stereocenters. The Morgan fingerprint density at radius 2 is 1.42 bits per heavy atom. The summed E-state index contributed by atoms with van der Waals surface area (Å²) in [5, 5.41) is 26.1. The fourth-order valence-electron chi connectivity index (χ4n) is 5.70. The summed E-state index contributed by atoms with van der Waals surface area (Å²) < 4.78 is 6.02. The minimum absolute atomic E-state index is 0.0554. The molecule has 0 aliphatic heterocycles. The normalized spacial score (nSPS) is 13.2. The van der Waals surface area contributed by atoms with Crippen molar-refractivity contribution in [3.05, 3.63) is 124 Å². The quantitative estimate of drug-likeness (QED) is 0.0870. The van der Waals surface area contributed by atoms with E-state index in [-0.39, 0.29) is 17.9 Å². The lowest BCUT2D eigenvalue weighted by Crippen LogP contribution is -2.54. The SMILES string of the molecule is CCC(CC)Oc1ccc(-c2cnc(-c3ccc(C[C@H](NC(=O)c4ccc(C(C)(C)C)s4)C(=O)NC(C(=O)O)C(O)c4ccccc4)cc3)nc2)cc1. The van der Waals surface area contributed by atoms with E-state index in [9.17, 15) is 24.6 Å². The molecule has 0 radical (unpaired) electrons. The Morgan fingerprint density at radius 1 is 0.792 bits per heavy atom. The third-order valence-electron chi connectivity index (χ3n) is 8.92. The van der Waals surface area contributed by atoms with Crippen molar-refractivity contribution in [3.63, 3.8) is 0 Å². The molecule has 53 heavy (non-hydrogen) atoms. The molecule has 3 aromatic carbocycles. The number of benzene rings is 3.